The molecule has 0 radical (unpaired) electrons. The zero-order chi connectivity index (χ0) is 22.4. The molecule has 0 aliphatic carbocycles. The number of sulfonamides is 1. The van der Waals surface area contributed by atoms with Gasteiger partial charge >= 0.3 is 0 Å². The number of ether oxygens (including phenoxy) is 1. The first-order valence-electron chi connectivity index (χ1n) is 8.88. The van der Waals surface area contributed by atoms with Gasteiger partial charge in [0.05, 0.1) is 29.5 Å². The molecule has 0 aliphatic rings. The van der Waals surface area contributed by atoms with Crippen LogP contribution in [0.25, 0.3) is 0 Å². The smallest absolute Gasteiger partial charge is 0.273 e. The second-order valence-corrected chi connectivity index (χ2v) is 8.35. The Kier molecular flexibility index (Phi) is 6.78. The molecule has 0 aromatic heterocycles. The minimum Gasteiger partial charge on any atom is -0.507 e. The van der Waals surface area contributed by atoms with Gasteiger partial charge in [0.15, 0.2) is 0 Å². The molecule has 0 spiro atoms. The summed E-state index contributed by atoms with van der Waals surface area (Å²) < 4.78 is 32.7. The van der Waals surface area contributed by atoms with Gasteiger partial charge in [-0.25, -0.2) is 13.8 Å². The van der Waals surface area contributed by atoms with E-state index in [4.69, 9.17) is 16.3 Å². The molecule has 8 nitrogen and oxygen atoms in total. The van der Waals surface area contributed by atoms with E-state index in [-0.39, 0.29) is 21.9 Å². The van der Waals surface area contributed by atoms with Crippen molar-refractivity contribution >= 4 is 39.4 Å². The topological polar surface area (TPSA) is 117 Å². The lowest BCUT2D eigenvalue weighted by Crippen LogP contribution is -2.21. The summed E-state index contributed by atoms with van der Waals surface area (Å²) in [5.41, 5.74) is 2.78. The summed E-state index contributed by atoms with van der Waals surface area (Å²) in [6.07, 6.45) is 1.25. The van der Waals surface area contributed by atoms with Crippen LogP contribution in [-0.2, 0) is 10.0 Å². The Balaban J connectivity index is 1.78. The minimum absolute atomic E-state index is 0.00127. The average Bonchev–Trinajstić information content (AvgIpc) is 2.75. The van der Waals surface area contributed by atoms with E-state index < -0.39 is 15.9 Å². The van der Waals surface area contributed by atoms with Gasteiger partial charge in [-0.1, -0.05) is 23.7 Å². The average molecular weight is 460 g/mol. The highest BCUT2D eigenvalue weighted by molar-refractivity contribution is 7.92. The fourth-order valence-corrected chi connectivity index (χ4v) is 3.78. The van der Waals surface area contributed by atoms with Gasteiger partial charge < -0.3 is 9.84 Å². The number of hydrazone groups is 1. The number of methoxy groups -OCH3 is 1. The second kappa shape index (κ2) is 9.50. The third-order valence-electron chi connectivity index (χ3n) is 4.14. The normalized spacial score (nSPS) is 11.3. The van der Waals surface area contributed by atoms with E-state index >= 15 is 0 Å². The van der Waals surface area contributed by atoms with Crippen molar-refractivity contribution in [2.24, 2.45) is 5.10 Å². The Bertz CT molecular complexity index is 1230. The number of nitrogens with zero attached hydrogens (tertiary/aromatic N) is 1. The molecule has 0 fully saturated rings. The lowest BCUT2D eigenvalue weighted by molar-refractivity contribution is 0.0956. The van der Waals surface area contributed by atoms with Crippen molar-refractivity contribution in [3.05, 3.63) is 82.9 Å². The predicted octanol–water partition coefficient (Wildman–Crippen LogP) is 3.62. The predicted molar refractivity (Wildman–Crippen MR) is 118 cm³/mol. The zero-order valence-corrected chi connectivity index (χ0v) is 17.8. The molecule has 3 N–H and O–H groups in total. The second-order valence-electron chi connectivity index (χ2n) is 6.23. The van der Waals surface area contributed by atoms with Crippen molar-refractivity contribution in [2.75, 3.05) is 11.8 Å². The zero-order valence-electron chi connectivity index (χ0n) is 16.2. The Hall–Kier alpha value is -3.56. The van der Waals surface area contributed by atoms with Gasteiger partial charge in [0.1, 0.15) is 11.5 Å². The fourth-order valence-electron chi connectivity index (χ4n) is 2.57. The van der Waals surface area contributed by atoms with Gasteiger partial charge in [-0.15, -0.1) is 0 Å². The maximum atomic E-state index is 12.6. The standard InChI is InChI=1S/C21H18ClN3O5S/c1-30-16-8-11-20(26)14(12-16)13-23-24-21(27)18-4-2-3-5-19(18)25-31(28,29)17-9-6-15(22)7-10-17/h2-13,25-26H,1H3,(H,24,27)/b23-13-. The number of para-hydroxylation sites is 1. The molecule has 0 bridgehead atoms. The maximum Gasteiger partial charge on any atom is 0.273 e. The SMILES string of the molecule is COc1ccc(O)c(/C=N\NC(=O)c2ccccc2NS(=O)(=O)c2ccc(Cl)cc2)c1. The van der Waals surface area contributed by atoms with Gasteiger partial charge in [0.2, 0.25) is 0 Å². The molecule has 1 amide bonds. The Morgan fingerprint density at radius 2 is 1.81 bits per heavy atom. The van der Waals surface area contributed by atoms with Crippen LogP contribution in [-0.4, -0.2) is 32.8 Å². The number of anilines is 1. The van der Waals surface area contributed by atoms with Crippen LogP contribution >= 0.6 is 11.6 Å². The summed E-state index contributed by atoms with van der Waals surface area (Å²) in [6.45, 7) is 0. The Labute approximate surface area is 184 Å². The fraction of sp³-hybridized carbons (Fsp3) is 0.0476. The summed E-state index contributed by atoms with van der Waals surface area (Å²) in [5, 5.41) is 14.1. The van der Waals surface area contributed by atoms with Gasteiger partial charge in [-0.3, -0.25) is 9.52 Å². The molecule has 0 saturated heterocycles. The van der Waals surface area contributed by atoms with Crippen LogP contribution in [0, 0.1) is 0 Å². The molecule has 0 unspecified atom stereocenters. The number of carbonyl (C=O) groups is 1. The summed E-state index contributed by atoms with van der Waals surface area (Å²) in [7, 11) is -2.45. The quantitative estimate of drug-likeness (QED) is 0.368. The molecule has 0 saturated carbocycles. The molecule has 0 atom stereocenters. The van der Waals surface area contributed by atoms with Crippen LogP contribution < -0.4 is 14.9 Å². The molecule has 10 heteroatoms. The van der Waals surface area contributed by atoms with E-state index in [1.807, 2.05) is 0 Å². The van der Waals surface area contributed by atoms with Crippen LogP contribution in [0.1, 0.15) is 15.9 Å². The monoisotopic (exact) mass is 459 g/mol. The summed E-state index contributed by atoms with van der Waals surface area (Å²) in [5.74, 6) is -0.185. The number of phenols is 1. The minimum atomic E-state index is -3.94. The molecular formula is C21H18ClN3O5S. The van der Waals surface area contributed by atoms with Crippen molar-refractivity contribution in [1.29, 1.82) is 0 Å². The van der Waals surface area contributed by atoms with E-state index in [9.17, 15) is 18.3 Å². The molecule has 0 aliphatic heterocycles. The Morgan fingerprint density at radius 1 is 1.10 bits per heavy atom. The van der Waals surface area contributed by atoms with Crippen LogP contribution in [0.15, 0.2) is 76.7 Å². The maximum absolute atomic E-state index is 12.6. The largest absolute Gasteiger partial charge is 0.507 e. The lowest BCUT2D eigenvalue weighted by atomic mass is 10.2. The molecular weight excluding hydrogens is 442 g/mol. The van der Waals surface area contributed by atoms with Gasteiger partial charge in [0, 0.05) is 10.6 Å². The van der Waals surface area contributed by atoms with Crippen molar-refractivity contribution in [3.63, 3.8) is 0 Å². The van der Waals surface area contributed by atoms with Crippen LogP contribution in [0.2, 0.25) is 5.02 Å². The molecule has 3 aromatic carbocycles. The van der Waals surface area contributed by atoms with E-state index in [1.54, 1.807) is 24.3 Å². The first-order valence-corrected chi connectivity index (χ1v) is 10.7. The summed E-state index contributed by atoms with van der Waals surface area (Å²) in [6, 6.07) is 16.3. The third kappa shape index (κ3) is 5.53. The summed E-state index contributed by atoms with van der Waals surface area (Å²) >= 11 is 5.80. The van der Waals surface area contributed by atoms with Crippen LogP contribution in [0.5, 0.6) is 11.5 Å². The van der Waals surface area contributed by atoms with Gasteiger partial charge in [-0.2, -0.15) is 5.10 Å². The van der Waals surface area contributed by atoms with E-state index in [0.717, 1.165) is 0 Å². The molecule has 0 heterocycles. The van der Waals surface area contributed by atoms with Crippen molar-refractivity contribution in [3.8, 4) is 11.5 Å². The molecule has 3 rings (SSSR count). The first-order chi connectivity index (χ1) is 14.8. The van der Waals surface area contributed by atoms with Crippen LogP contribution in [0.3, 0.4) is 0 Å². The molecule has 31 heavy (non-hydrogen) atoms. The van der Waals surface area contributed by atoms with E-state index in [2.05, 4.69) is 15.2 Å². The number of phenolic OH excluding ortho intramolecular Hbond substituents is 1. The number of benzene rings is 3. The van der Waals surface area contributed by atoms with Crippen LogP contribution in [0.4, 0.5) is 5.69 Å². The van der Waals surface area contributed by atoms with Crippen molar-refractivity contribution in [1.82, 2.24) is 5.43 Å². The van der Waals surface area contributed by atoms with E-state index in [0.29, 0.717) is 16.3 Å². The summed E-state index contributed by atoms with van der Waals surface area (Å²) in [4.78, 5) is 12.6. The number of hydrogen-bond donors (Lipinski definition) is 3. The van der Waals surface area contributed by atoms with Crippen molar-refractivity contribution < 1.29 is 23.1 Å². The number of halogens is 1. The highest BCUT2D eigenvalue weighted by atomic mass is 35.5. The molecule has 3 aromatic rings. The highest BCUT2D eigenvalue weighted by Crippen LogP contribution is 2.22. The number of rotatable bonds is 7. The third-order valence-corrected chi connectivity index (χ3v) is 5.78. The first kappa shape index (κ1) is 22.1. The number of aromatic hydroxyl groups is 1. The van der Waals surface area contributed by atoms with Crippen molar-refractivity contribution in [2.45, 2.75) is 4.90 Å². The highest BCUT2D eigenvalue weighted by Gasteiger charge is 2.18. The number of nitrogens with one attached hydrogen (secondary N) is 2. The molecule has 160 valence electrons. The van der Waals surface area contributed by atoms with Gasteiger partial charge in [-0.05, 0) is 54.6 Å². The number of amides is 1. The lowest BCUT2D eigenvalue weighted by Gasteiger charge is -2.12. The van der Waals surface area contributed by atoms with E-state index in [1.165, 1.54) is 55.8 Å². The Morgan fingerprint density at radius 3 is 2.52 bits per heavy atom. The number of carbonyl (C=O) groups excluding carboxylic acids is 1. The number of hydrogen-bond acceptors (Lipinski definition) is 6. The van der Waals surface area contributed by atoms with Gasteiger partial charge in [0.25, 0.3) is 15.9 Å².